The molecule has 9 nitrogen and oxygen atoms in total. The Labute approximate surface area is 192 Å². The quantitative estimate of drug-likeness (QED) is 0.641. The Morgan fingerprint density at radius 1 is 1.15 bits per heavy atom. The smallest absolute Gasteiger partial charge is 0.276 e. The predicted molar refractivity (Wildman–Crippen MR) is 120 cm³/mol. The van der Waals surface area contributed by atoms with Gasteiger partial charge in [-0.2, -0.15) is 0 Å². The number of fused-ring (bicyclic) bond motifs is 1. The number of nitrogens with one attached hydrogen (secondary N) is 2. The van der Waals surface area contributed by atoms with Gasteiger partial charge in [0.15, 0.2) is 5.69 Å². The molecule has 0 bridgehead atoms. The Hall–Kier alpha value is -3.62. The van der Waals surface area contributed by atoms with Gasteiger partial charge in [0, 0.05) is 32.2 Å². The summed E-state index contributed by atoms with van der Waals surface area (Å²) in [6.45, 7) is 3.41. The first kappa shape index (κ1) is 22.6. The second-order valence-electron chi connectivity index (χ2n) is 8.43. The summed E-state index contributed by atoms with van der Waals surface area (Å²) in [7, 11) is 0. The van der Waals surface area contributed by atoms with Crippen molar-refractivity contribution >= 4 is 17.7 Å². The summed E-state index contributed by atoms with van der Waals surface area (Å²) >= 11 is 0. The van der Waals surface area contributed by atoms with Crippen LogP contribution in [-0.2, 0) is 4.79 Å². The molecule has 2 aliphatic heterocycles. The highest BCUT2D eigenvalue weighted by atomic mass is 16.5. The minimum absolute atomic E-state index is 0.131. The Morgan fingerprint density at radius 3 is 2.79 bits per heavy atom. The molecule has 1 unspecified atom stereocenters. The van der Waals surface area contributed by atoms with Gasteiger partial charge in [-0.15, -0.1) is 0 Å². The number of carbonyl (C=O) groups excluding carboxylic acids is 3. The van der Waals surface area contributed by atoms with Crippen molar-refractivity contribution in [2.45, 2.75) is 26.2 Å². The summed E-state index contributed by atoms with van der Waals surface area (Å²) in [6.07, 6.45) is 5.59. The Morgan fingerprint density at radius 2 is 1.97 bits per heavy atom. The molecule has 0 aliphatic carbocycles. The maximum Gasteiger partial charge on any atom is 0.276 e. The van der Waals surface area contributed by atoms with Gasteiger partial charge in [0.05, 0.1) is 11.0 Å². The van der Waals surface area contributed by atoms with Gasteiger partial charge in [-0.3, -0.25) is 14.4 Å². The van der Waals surface area contributed by atoms with Crippen LogP contribution in [0.25, 0.3) is 0 Å². The Balaban J connectivity index is 1.52. The summed E-state index contributed by atoms with van der Waals surface area (Å²) in [6, 6.07) is 8.67. The van der Waals surface area contributed by atoms with Crippen molar-refractivity contribution in [3.63, 3.8) is 0 Å². The molecular weight excluding hydrogens is 424 g/mol. The molecule has 0 radical (unpaired) electrons. The van der Waals surface area contributed by atoms with Crippen LogP contribution in [0.4, 0.5) is 0 Å². The van der Waals surface area contributed by atoms with Crippen molar-refractivity contribution in [3.8, 4) is 5.75 Å². The van der Waals surface area contributed by atoms with E-state index in [-0.39, 0.29) is 49.7 Å². The first-order chi connectivity index (χ1) is 16.0. The number of benzene rings is 1. The molecular formula is C24H28N4O5. The molecule has 1 atom stereocenters. The minimum Gasteiger partial charge on any atom is -0.489 e. The third-order valence-corrected chi connectivity index (χ3v) is 6.03. The van der Waals surface area contributed by atoms with Crippen LogP contribution < -0.4 is 15.4 Å². The van der Waals surface area contributed by atoms with Gasteiger partial charge in [-0.1, -0.05) is 29.4 Å². The lowest BCUT2D eigenvalue weighted by Crippen LogP contribution is -2.54. The van der Waals surface area contributed by atoms with Gasteiger partial charge in [-0.25, -0.2) is 0 Å². The van der Waals surface area contributed by atoms with E-state index in [2.05, 4.69) is 15.8 Å². The maximum atomic E-state index is 13.3. The summed E-state index contributed by atoms with van der Waals surface area (Å²) < 4.78 is 10.8. The molecule has 3 amide bonds. The lowest BCUT2D eigenvalue weighted by atomic mass is 9.76. The first-order valence-electron chi connectivity index (χ1n) is 11.1. The highest BCUT2D eigenvalue weighted by Gasteiger charge is 2.43. The molecule has 1 spiro atoms. The Kier molecular flexibility index (Phi) is 6.76. The number of allylic oxidation sites excluding steroid dienone is 1. The molecule has 0 saturated carbocycles. The zero-order valence-electron chi connectivity index (χ0n) is 18.6. The van der Waals surface area contributed by atoms with E-state index in [0.717, 1.165) is 0 Å². The molecule has 2 aromatic rings. The largest absolute Gasteiger partial charge is 0.489 e. The van der Waals surface area contributed by atoms with Crippen LogP contribution in [0, 0.1) is 12.3 Å². The van der Waals surface area contributed by atoms with Crippen LogP contribution in [0.5, 0.6) is 5.75 Å². The second-order valence-corrected chi connectivity index (χ2v) is 8.43. The molecule has 3 heterocycles. The van der Waals surface area contributed by atoms with E-state index in [9.17, 15) is 14.4 Å². The molecule has 2 N–H and O–H groups in total. The monoisotopic (exact) mass is 452 g/mol. The molecule has 1 fully saturated rings. The van der Waals surface area contributed by atoms with Crippen molar-refractivity contribution in [2.24, 2.45) is 5.41 Å². The zero-order valence-corrected chi connectivity index (χ0v) is 18.6. The third kappa shape index (κ3) is 5.08. The minimum atomic E-state index is -0.769. The van der Waals surface area contributed by atoms with Crippen LogP contribution in [0.15, 0.2) is 47.0 Å². The van der Waals surface area contributed by atoms with Gasteiger partial charge in [0.25, 0.3) is 11.8 Å². The van der Waals surface area contributed by atoms with Crippen molar-refractivity contribution in [3.05, 3.63) is 59.5 Å². The van der Waals surface area contributed by atoms with Crippen LogP contribution in [0.2, 0.25) is 0 Å². The van der Waals surface area contributed by atoms with Crippen molar-refractivity contribution in [1.82, 2.24) is 20.7 Å². The summed E-state index contributed by atoms with van der Waals surface area (Å²) in [5.41, 5.74) is -0.0682. The van der Waals surface area contributed by atoms with E-state index in [0.29, 0.717) is 42.9 Å². The summed E-state index contributed by atoms with van der Waals surface area (Å²) in [4.78, 5) is 40.4. The summed E-state index contributed by atoms with van der Waals surface area (Å²) in [5.74, 6) is 0.441. The standard InChI is InChI=1S/C24H28N4O5/c1-17-15-19(27-33-17)22(30)28-13-6-10-24(16-28)9-4-5-14-32-20-8-3-2-7-18(20)21(29)25-11-12-26-23(24)31/h2-5,7-8,15H,6,9-14,16H2,1H3,(H,25,29)(H,26,31)/b5-4+. The number of hydrogen-bond donors (Lipinski definition) is 2. The number of para-hydroxylation sites is 1. The van der Waals surface area contributed by atoms with Gasteiger partial charge in [-0.05, 0) is 38.3 Å². The molecule has 33 heavy (non-hydrogen) atoms. The number of amides is 3. The average molecular weight is 453 g/mol. The SMILES string of the molecule is Cc1cc(C(=O)N2CCCC3(C/C=C/COc4ccccc4C(=O)NCCNC3=O)C2)no1. The van der Waals surface area contributed by atoms with Crippen LogP contribution in [0.1, 0.15) is 45.9 Å². The van der Waals surface area contributed by atoms with Gasteiger partial charge < -0.3 is 24.8 Å². The molecule has 1 aromatic carbocycles. The highest BCUT2D eigenvalue weighted by molar-refractivity contribution is 5.97. The van der Waals surface area contributed by atoms with E-state index >= 15 is 0 Å². The number of aromatic nitrogens is 1. The molecule has 1 aromatic heterocycles. The Bertz CT molecular complexity index is 1060. The highest BCUT2D eigenvalue weighted by Crippen LogP contribution is 2.35. The van der Waals surface area contributed by atoms with Gasteiger partial charge >= 0.3 is 0 Å². The zero-order chi connectivity index (χ0) is 23.3. The predicted octanol–water partition coefficient (Wildman–Crippen LogP) is 2.09. The van der Waals surface area contributed by atoms with Crippen molar-refractivity contribution in [2.75, 3.05) is 32.8 Å². The second kappa shape index (κ2) is 9.89. The molecule has 9 heteroatoms. The number of hydrogen-bond acceptors (Lipinski definition) is 6. The number of piperidine rings is 1. The normalized spacial score (nSPS) is 23.0. The number of ether oxygens (including phenoxy) is 1. The maximum absolute atomic E-state index is 13.3. The lowest BCUT2D eigenvalue weighted by molar-refractivity contribution is -0.133. The summed E-state index contributed by atoms with van der Waals surface area (Å²) in [5, 5.41) is 9.61. The lowest BCUT2D eigenvalue weighted by Gasteiger charge is -2.41. The van der Waals surface area contributed by atoms with E-state index < -0.39 is 5.41 Å². The van der Waals surface area contributed by atoms with E-state index in [1.807, 2.05) is 18.2 Å². The van der Waals surface area contributed by atoms with Crippen LogP contribution >= 0.6 is 0 Å². The third-order valence-electron chi connectivity index (χ3n) is 6.03. The average Bonchev–Trinajstić information content (AvgIpc) is 3.27. The van der Waals surface area contributed by atoms with E-state index in [4.69, 9.17) is 9.26 Å². The van der Waals surface area contributed by atoms with Crippen LogP contribution in [0.3, 0.4) is 0 Å². The van der Waals surface area contributed by atoms with Gasteiger partial charge in [0.2, 0.25) is 5.91 Å². The fourth-order valence-electron chi connectivity index (χ4n) is 4.31. The topological polar surface area (TPSA) is 114 Å². The van der Waals surface area contributed by atoms with Crippen LogP contribution in [-0.4, -0.2) is 60.6 Å². The van der Waals surface area contributed by atoms with E-state index in [1.54, 1.807) is 36.1 Å². The number of rotatable bonds is 1. The molecule has 4 rings (SSSR count). The van der Waals surface area contributed by atoms with E-state index in [1.165, 1.54) is 0 Å². The van der Waals surface area contributed by atoms with Crippen molar-refractivity contribution in [1.29, 1.82) is 0 Å². The fraction of sp³-hybridized carbons (Fsp3) is 0.417. The first-order valence-corrected chi connectivity index (χ1v) is 11.1. The number of aryl methyl sites for hydroxylation is 1. The number of carbonyl (C=O) groups is 3. The molecule has 2 aliphatic rings. The van der Waals surface area contributed by atoms with Gasteiger partial charge in [0.1, 0.15) is 18.1 Å². The fourth-order valence-corrected chi connectivity index (χ4v) is 4.31. The number of likely N-dealkylation sites (tertiary alicyclic amines) is 1. The molecule has 174 valence electrons. The van der Waals surface area contributed by atoms with Crippen molar-refractivity contribution < 1.29 is 23.6 Å². The number of nitrogens with zero attached hydrogens (tertiary/aromatic N) is 2. The molecule has 1 saturated heterocycles.